The molecule has 0 unspecified atom stereocenters. The molecule has 0 N–H and O–H groups in total. The topological polar surface area (TPSA) is 77.2 Å². The Kier molecular flexibility index (Phi) is 5.62. The largest absolute Gasteiger partial charge is 0.350 e. The number of hydrogen-bond donors (Lipinski definition) is 0. The Balaban J connectivity index is 1.52. The SMILES string of the molecule is Cc1cccc(CS(=O)(=O)N2CCC(c3nn(C)c(=O)n3-c3ccccc3)CC2)c1. The van der Waals surface area contributed by atoms with E-state index in [0.29, 0.717) is 31.8 Å². The van der Waals surface area contributed by atoms with Crippen molar-refractivity contribution >= 4 is 10.0 Å². The number of nitrogens with zero attached hydrogens (tertiary/aromatic N) is 4. The molecule has 158 valence electrons. The standard InChI is InChI=1S/C22H26N4O3S/c1-17-7-6-8-18(15-17)16-30(28,29)25-13-11-19(12-14-25)21-23-24(2)22(27)26(21)20-9-4-3-5-10-20/h3-10,15,19H,11-14,16H2,1-2H3. The molecule has 0 amide bonds. The molecular formula is C22H26N4O3S. The van der Waals surface area contributed by atoms with Crippen LogP contribution in [0, 0.1) is 6.92 Å². The molecule has 1 saturated heterocycles. The first-order valence-electron chi connectivity index (χ1n) is 10.1. The maximum Gasteiger partial charge on any atom is 0.350 e. The summed E-state index contributed by atoms with van der Waals surface area (Å²) >= 11 is 0. The predicted octanol–water partition coefficient (Wildman–Crippen LogP) is 2.59. The summed E-state index contributed by atoms with van der Waals surface area (Å²) in [4.78, 5) is 12.6. The van der Waals surface area contributed by atoms with Gasteiger partial charge in [-0.05, 0) is 37.5 Å². The van der Waals surface area contributed by atoms with Crippen LogP contribution in [0.1, 0.15) is 35.7 Å². The molecule has 0 atom stereocenters. The Hall–Kier alpha value is -2.71. The summed E-state index contributed by atoms with van der Waals surface area (Å²) < 4.78 is 30.4. The molecule has 0 spiro atoms. The minimum atomic E-state index is -3.38. The van der Waals surface area contributed by atoms with Gasteiger partial charge in [-0.2, -0.15) is 5.10 Å². The van der Waals surface area contributed by atoms with Crippen LogP contribution >= 0.6 is 0 Å². The van der Waals surface area contributed by atoms with E-state index >= 15 is 0 Å². The smallest absolute Gasteiger partial charge is 0.247 e. The third kappa shape index (κ3) is 4.11. The fourth-order valence-corrected chi connectivity index (χ4v) is 5.61. The lowest BCUT2D eigenvalue weighted by molar-refractivity contribution is 0.311. The van der Waals surface area contributed by atoms with Gasteiger partial charge in [-0.3, -0.25) is 0 Å². The van der Waals surface area contributed by atoms with Crippen LogP contribution in [0.2, 0.25) is 0 Å². The summed E-state index contributed by atoms with van der Waals surface area (Å²) in [6.45, 7) is 2.82. The zero-order valence-corrected chi connectivity index (χ0v) is 18.0. The molecule has 1 aliphatic rings. The molecule has 0 aliphatic carbocycles. The third-order valence-corrected chi connectivity index (χ3v) is 7.46. The second kappa shape index (κ2) is 8.20. The fourth-order valence-electron chi connectivity index (χ4n) is 4.06. The highest BCUT2D eigenvalue weighted by Gasteiger charge is 2.32. The van der Waals surface area contributed by atoms with E-state index in [1.807, 2.05) is 61.5 Å². The van der Waals surface area contributed by atoms with Gasteiger partial charge in [0.2, 0.25) is 10.0 Å². The van der Waals surface area contributed by atoms with Crippen molar-refractivity contribution in [2.45, 2.75) is 31.4 Å². The van der Waals surface area contributed by atoms with Gasteiger partial charge in [-0.1, -0.05) is 48.0 Å². The van der Waals surface area contributed by atoms with E-state index in [-0.39, 0.29) is 17.4 Å². The predicted molar refractivity (Wildman–Crippen MR) is 116 cm³/mol. The molecule has 0 saturated carbocycles. The van der Waals surface area contributed by atoms with Crippen LogP contribution < -0.4 is 5.69 Å². The highest BCUT2D eigenvalue weighted by Crippen LogP contribution is 2.29. The van der Waals surface area contributed by atoms with Gasteiger partial charge in [-0.25, -0.2) is 26.8 Å². The van der Waals surface area contributed by atoms with E-state index in [9.17, 15) is 13.2 Å². The van der Waals surface area contributed by atoms with Gasteiger partial charge in [0.25, 0.3) is 0 Å². The summed E-state index contributed by atoms with van der Waals surface area (Å²) in [7, 11) is -1.74. The van der Waals surface area contributed by atoms with Crippen LogP contribution in [0.4, 0.5) is 0 Å². The van der Waals surface area contributed by atoms with E-state index in [4.69, 9.17) is 0 Å². The van der Waals surface area contributed by atoms with Crippen molar-refractivity contribution in [3.8, 4) is 5.69 Å². The van der Waals surface area contributed by atoms with Gasteiger partial charge in [0, 0.05) is 26.1 Å². The van der Waals surface area contributed by atoms with Crippen molar-refractivity contribution in [2.24, 2.45) is 7.05 Å². The Morgan fingerprint density at radius 2 is 1.73 bits per heavy atom. The van der Waals surface area contributed by atoms with Gasteiger partial charge in [0.1, 0.15) is 5.82 Å². The molecule has 7 nitrogen and oxygen atoms in total. The molecule has 3 aromatic rings. The molecule has 8 heteroatoms. The number of hydrogen-bond acceptors (Lipinski definition) is 4. The van der Waals surface area contributed by atoms with Crippen molar-refractivity contribution in [3.63, 3.8) is 0 Å². The molecule has 2 aromatic carbocycles. The van der Waals surface area contributed by atoms with Gasteiger partial charge in [0.15, 0.2) is 0 Å². The van der Waals surface area contributed by atoms with Gasteiger partial charge < -0.3 is 0 Å². The zero-order chi connectivity index (χ0) is 21.3. The van der Waals surface area contributed by atoms with Crippen LogP contribution in [-0.2, 0) is 22.8 Å². The minimum absolute atomic E-state index is 0.0116. The van der Waals surface area contributed by atoms with Crippen LogP contribution in [0.3, 0.4) is 0 Å². The van der Waals surface area contributed by atoms with E-state index in [0.717, 1.165) is 16.8 Å². The quantitative estimate of drug-likeness (QED) is 0.628. The summed E-state index contributed by atoms with van der Waals surface area (Å²) in [6, 6.07) is 17.1. The fraction of sp³-hybridized carbons (Fsp3) is 0.364. The number of aromatic nitrogens is 3. The molecule has 1 fully saturated rings. The van der Waals surface area contributed by atoms with E-state index in [1.165, 1.54) is 4.68 Å². The highest BCUT2D eigenvalue weighted by molar-refractivity contribution is 7.88. The molecule has 4 rings (SSSR count). The maximum absolute atomic E-state index is 12.9. The van der Waals surface area contributed by atoms with Crippen LogP contribution in [0.25, 0.3) is 5.69 Å². The Labute approximate surface area is 176 Å². The Morgan fingerprint density at radius 1 is 1.03 bits per heavy atom. The first-order chi connectivity index (χ1) is 14.3. The van der Waals surface area contributed by atoms with Gasteiger partial charge >= 0.3 is 5.69 Å². The number of sulfonamides is 1. The van der Waals surface area contributed by atoms with Gasteiger partial charge in [0.05, 0.1) is 11.4 Å². The highest BCUT2D eigenvalue weighted by atomic mass is 32.2. The molecule has 1 aliphatic heterocycles. The number of piperidine rings is 1. The third-order valence-electron chi connectivity index (χ3n) is 5.61. The number of rotatable bonds is 5. The summed E-state index contributed by atoms with van der Waals surface area (Å²) in [5.41, 5.74) is 2.45. The van der Waals surface area contributed by atoms with E-state index in [1.54, 1.807) is 15.9 Å². The number of benzene rings is 2. The lowest BCUT2D eigenvalue weighted by atomic mass is 9.97. The van der Waals surface area contributed by atoms with Crippen molar-refractivity contribution < 1.29 is 8.42 Å². The minimum Gasteiger partial charge on any atom is -0.247 e. The average Bonchev–Trinajstić information content (AvgIpc) is 3.03. The maximum atomic E-state index is 12.9. The van der Waals surface area contributed by atoms with Crippen LogP contribution in [-0.4, -0.2) is 40.2 Å². The summed E-state index contributed by atoms with van der Waals surface area (Å²) in [6.07, 6.45) is 1.27. The van der Waals surface area contributed by atoms with Crippen LogP contribution in [0.15, 0.2) is 59.4 Å². The Bertz CT molecular complexity index is 1190. The van der Waals surface area contributed by atoms with Crippen molar-refractivity contribution in [3.05, 3.63) is 82.0 Å². The normalized spacial score (nSPS) is 16.1. The zero-order valence-electron chi connectivity index (χ0n) is 17.2. The van der Waals surface area contributed by atoms with Crippen molar-refractivity contribution in [2.75, 3.05) is 13.1 Å². The number of aryl methyl sites for hydroxylation is 2. The van der Waals surface area contributed by atoms with E-state index in [2.05, 4.69) is 5.10 Å². The molecule has 0 radical (unpaired) electrons. The molecule has 2 heterocycles. The lowest BCUT2D eigenvalue weighted by Crippen LogP contribution is -2.39. The number of para-hydroxylation sites is 1. The van der Waals surface area contributed by atoms with Crippen molar-refractivity contribution in [1.82, 2.24) is 18.7 Å². The monoisotopic (exact) mass is 426 g/mol. The molecule has 0 bridgehead atoms. The summed E-state index contributed by atoms with van der Waals surface area (Å²) in [5, 5.41) is 4.47. The second-order valence-corrected chi connectivity index (χ2v) is 9.82. The molecule has 1 aromatic heterocycles. The Morgan fingerprint density at radius 3 is 2.40 bits per heavy atom. The first kappa shape index (κ1) is 20.6. The molecule has 30 heavy (non-hydrogen) atoms. The van der Waals surface area contributed by atoms with E-state index < -0.39 is 10.0 Å². The first-order valence-corrected chi connectivity index (χ1v) is 11.7. The average molecular weight is 427 g/mol. The lowest BCUT2D eigenvalue weighted by Gasteiger charge is -2.30. The molecular weight excluding hydrogens is 400 g/mol. The second-order valence-electron chi connectivity index (χ2n) is 7.85. The van der Waals surface area contributed by atoms with Crippen molar-refractivity contribution in [1.29, 1.82) is 0 Å². The summed E-state index contributed by atoms with van der Waals surface area (Å²) in [5.74, 6) is 0.742. The van der Waals surface area contributed by atoms with Gasteiger partial charge in [-0.15, -0.1) is 0 Å². The van der Waals surface area contributed by atoms with Crippen LogP contribution in [0.5, 0.6) is 0 Å².